The van der Waals surface area contributed by atoms with Gasteiger partial charge in [0, 0.05) is 32.3 Å². The van der Waals surface area contributed by atoms with Crippen molar-refractivity contribution in [2.45, 2.75) is 70.2 Å². The summed E-state index contributed by atoms with van der Waals surface area (Å²) in [6.07, 6.45) is 6.83. The van der Waals surface area contributed by atoms with Crippen molar-refractivity contribution >= 4 is 11.9 Å². The molecule has 3 atom stereocenters. The maximum atomic E-state index is 11.3. The highest BCUT2D eigenvalue weighted by Crippen LogP contribution is 2.19. The molecular weight excluding hydrogens is 332 g/mol. The van der Waals surface area contributed by atoms with Gasteiger partial charge in [0.2, 0.25) is 0 Å². The van der Waals surface area contributed by atoms with E-state index in [0.717, 1.165) is 19.3 Å². The number of rotatable bonds is 10. The maximum absolute atomic E-state index is 11.3. The lowest BCUT2D eigenvalue weighted by atomic mass is 9.98. The van der Waals surface area contributed by atoms with Gasteiger partial charge in [-0.1, -0.05) is 36.4 Å². The number of hydrogen-bond donors (Lipinski definition) is 1. The van der Waals surface area contributed by atoms with Crippen LogP contribution >= 0.6 is 0 Å². The Morgan fingerprint density at radius 2 is 2.08 bits per heavy atom. The first-order valence-corrected chi connectivity index (χ1v) is 9.29. The third kappa shape index (κ3) is 7.83. The molecule has 5 nitrogen and oxygen atoms in total. The second kappa shape index (κ2) is 10.8. The summed E-state index contributed by atoms with van der Waals surface area (Å²) in [4.78, 5) is 22.6. The summed E-state index contributed by atoms with van der Waals surface area (Å²) in [7, 11) is 0. The zero-order valence-corrected chi connectivity index (χ0v) is 15.3. The van der Waals surface area contributed by atoms with Crippen molar-refractivity contribution in [1.29, 1.82) is 0 Å². The Labute approximate surface area is 155 Å². The number of carbonyl (C=O) groups excluding carboxylic acids is 2. The van der Waals surface area contributed by atoms with Crippen LogP contribution in [-0.2, 0) is 25.5 Å². The van der Waals surface area contributed by atoms with Crippen LogP contribution in [0.2, 0.25) is 0 Å². The van der Waals surface area contributed by atoms with Crippen LogP contribution in [0.5, 0.6) is 0 Å². The Kier molecular flexibility index (Phi) is 8.35. The number of aliphatic hydroxyl groups excluding tert-OH is 1. The van der Waals surface area contributed by atoms with E-state index in [1.165, 1.54) is 18.6 Å². The van der Waals surface area contributed by atoms with E-state index in [0.29, 0.717) is 25.7 Å². The summed E-state index contributed by atoms with van der Waals surface area (Å²) in [5, 5.41) is 10.3. The van der Waals surface area contributed by atoms with Gasteiger partial charge in [-0.05, 0) is 31.2 Å². The van der Waals surface area contributed by atoms with Crippen molar-refractivity contribution in [3.63, 3.8) is 0 Å². The molecule has 0 aliphatic carbocycles. The molecular formula is C21H28O5. The second-order valence-corrected chi connectivity index (χ2v) is 6.79. The van der Waals surface area contributed by atoms with Gasteiger partial charge in [0.25, 0.3) is 0 Å². The first kappa shape index (κ1) is 20.2. The van der Waals surface area contributed by atoms with Gasteiger partial charge >= 0.3 is 11.9 Å². The Hall–Kier alpha value is -2.14. The van der Waals surface area contributed by atoms with Gasteiger partial charge in [0.05, 0.1) is 6.10 Å². The molecule has 0 unspecified atom stereocenters. The molecule has 0 saturated carbocycles. The Bertz CT molecular complexity index is 596. The van der Waals surface area contributed by atoms with Crippen molar-refractivity contribution in [3.8, 4) is 0 Å². The molecule has 0 spiro atoms. The minimum absolute atomic E-state index is 0.307. The van der Waals surface area contributed by atoms with E-state index in [1.54, 1.807) is 6.08 Å². The average molecular weight is 360 g/mol. The quantitative estimate of drug-likeness (QED) is 0.512. The van der Waals surface area contributed by atoms with Crippen LogP contribution in [0.3, 0.4) is 0 Å². The lowest BCUT2D eigenvalue weighted by molar-refractivity contribution is -0.148. The maximum Gasteiger partial charge on any atom is 0.330 e. The number of carbonyl (C=O) groups is 2. The summed E-state index contributed by atoms with van der Waals surface area (Å²) in [5.74, 6) is -0.705. The number of benzene rings is 1. The van der Waals surface area contributed by atoms with E-state index < -0.39 is 6.10 Å². The van der Waals surface area contributed by atoms with Crippen LogP contribution in [0.4, 0.5) is 0 Å². The zero-order chi connectivity index (χ0) is 18.8. The smallest absolute Gasteiger partial charge is 0.330 e. The first-order chi connectivity index (χ1) is 12.5. The number of unbranched alkanes of at least 4 members (excludes halogenated alkanes) is 1. The largest absolute Gasteiger partial charge is 0.462 e. The Morgan fingerprint density at radius 1 is 1.31 bits per heavy atom. The summed E-state index contributed by atoms with van der Waals surface area (Å²) in [5.41, 5.74) is 1.30. The molecule has 2 rings (SSSR count). The number of ether oxygens (including phenoxy) is 2. The molecule has 0 bridgehead atoms. The molecule has 0 aromatic heterocycles. The average Bonchev–Trinajstić information content (AvgIpc) is 2.59. The number of aliphatic hydroxyl groups is 1. The monoisotopic (exact) mass is 360 g/mol. The fourth-order valence-corrected chi connectivity index (χ4v) is 3.22. The Balaban J connectivity index is 1.73. The van der Waals surface area contributed by atoms with Crippen LogP contribution < -0.4 is 0 Å². The van der Waals surface area contributed by atoms with Crippen LogP contribution in [0, 0.1) is 0 Å². The van der Waals surface area contributed by atoms with Crippen LogP contribution in [0.1, 0.15) is 51.0 Å². The number of esters is 2. The highest BCUT2D eigenvalue weighted by atomic mass is 16.5. The standard InChI is InChI=1S/C21H28O5/c1-16(22)25-19(11-6-5-10-17-8-3-2-4-9-17)14-18(23)15-20-12-7-13-21(24)26-20/h2-4,7-9,13,18-20,23H,5-6,10-12,14-15H2,1H3/t18-,19-,20+/m0/s1. The van der Waals surface area contributed by atoms with Crippen molar-refractivity contribution < 1.29 is 24.2 Å². The van der Waals surface area contributed by atoms with Crippen molar-refractivity contribution in [3.05, 3.63) is 48.0 Å². The van der Waals surface area contributed by atoms with E-state index in [1.807, 2.05) is 18.2 Å². The molecule has 1 aromatic rings. The minimum Gasteiger partial charge on any atom is -0.462 e. The molecule has 0 amide bonds. The molecule has 0 fully saturated rings. The number of aryl methyl sites for hydroxylation is 1. The summed E-state index contributed by atoms with van der Waals surface area (Å²) in [6.45, 7) is 1.39. The highest BCUT2D eigenvalue weighted by Gasteiger charge is 2.23. The van der Waals surface area contributed by atoms with Crippen molar-refractivity contribution in [2.24, 2.45) is 0 Å². The molecule has 0 radical (unpaired) electrons. The van der Waals surface area contributed by atoms with Gasteiger partial charge in [-0.3, -0.25) is 4.79 Å². The van der Waals surface area contributed by atoms with Crippen molar-refractivity contribution in [2.75, 3.05) is 0 Å². The van der Waals surface area contributed by atoms with E-state index >= 15 is 0 Å². The summed E-state index contributed by atoms with van der Waals surface area (Å²) >= 11 is 0. The molecule has 0 saturated heterocycles. The SMILES string of the molecule is CC(=O)O[C@@H](CCCCc1ccccc1)C[C@H](O)C[C@H]1CC=CC(=O)O1. The number of cyclic esters (lactones) is 1. The molecule has 1 heterocycles. The second-order valence-electron chi connectivity index (χ2n) is 6.79. The van der Waals surface area contributed by atoms with Gasteiger partial charge in [-0.2, -0.15) is 0 Å². The predicted octanol–water partition coefficient (Wildman–Crippen LogP) is 3.34. The van der Waals surface area contributed by atoms with Gasteiger partial charge in [-0.15, -0.1) is 0 Å². The molecule has 1 aromatic carbocycles. The van der Waals surface area contributed by atoms with E-state index in [2.05, 4.69) is 12.1 Å². The molecule has 1 aliphatic rings. The third-order valence-electron chi connectivity index (χ3n) is 4.42. The van der Waals surface area contributed by atoms with Crippen LogP contribution in [-0.4, -0.2) is 35.4 Å². The third-order valence-corrected chi connectivity index (χ3v) is 4.42. The molecule has 5 heteroatoms. The Morgan fingerprint density at radius 3 is 2.77 bits per heavy atom. The van der Waals surface area contributed by atoms with Gasteiger partial charge in [-0.25, -0.2) is 4.79 Å². The molecule has 1 N–H and O–H groups in total. The minimum atomic E-state index is -0.669. The lowest BCUT2D eigenvalue weighted by Crippen LogP contribution is -2.29. The molecule has 1 aliphatic heterocycles. The van der Waals surface area contributed by atoms with Crippen molar-refractivity contribution in [1.82, 2.24) is 0 Å². The van der Waals surface area contributed by atoms with E-state index in [9.17, 15) is 14.7 Å². The fourth-order valence-electron chi connectivity index (χ4n) is 3.22. The van der Waals surface area contributed by atoms with Gasteiger partial charge in [0.1, 0.15) is 12.2 Å². The van der Waals surface area contributed by atoms with Crippen LogP contribution in [0.15, 0.2) is 42.5 Å². The molecule has 26 heavy (non-hydrogen) atoms. The lowest BCUT2D eigenvalue weighted by Gasteiger charge is -2.24. The number of hydrogen-bond acceptors (Lipinski definition) is 5. The summed E-state index contributed by atoms with van der Waals surface area (Å²) in [6, 6.07) is 10.3. The molecule has 142 valence electrons. The van der Waals surface area contributed by atoms with Crippen LogP contribution in [0.25, 0.3) is 0 Å². The highest BCUT2D eigenvalue weighted by molar-refractivity contribution is 5.82. The van der Waals surface area contributed by atoms with E-state index in [4.69, 9.17) is 9.47 Å². The first-order valence-electron chi connectivity index (χ1n) is 9.29. The summed E-state index contributed by atoms with van der Waals surface area (Å²) < 4.78 is 10.5. The van der Waals surface area contributed by atoms with Gasteiger partial charge in [0.15, 0.2) is 0 Å². The zero-order valence-electron chi connectivity index (χ0n) is 15.3. The normalized spacial score (nSPS) is 18.8. The predicted molar refractivity (Wildman–Crippen MR) is 98.4 cm³/mol. The fraction of sp³-hybridized carbons (Fsp3) is 0.524. The van der Waals surface area contributed by atoms with Gasteiger partial charge < -0.3 is 14.6 Å². The van der Waals surface area contributed by atoms with E-state index in [-0.39, 0.29) is 24.1 Å². The topological polar surface area (TPSA) is 72.8 Å².